The molecule has 1 unspecified atom stereocenters. The number of fused-ring (bicyclic) bond motifs is 2. The first-order valence-corrected chi connectivity index (χ1v) is 9.36. The molecule has 2 aromatic carbocycles. The maximum atomic E-state index is 12.8. The normalized spacial score (nSPS) is 14.5. The molecule has 2 heterocycles. The van der Waals surface area contributed by atoms with Gasteiger partial charge in [-0.25, -0.2) is 4.98 Å². The number of hydrogen-bond donors (Lipinski definition) is 1. The van der Waals surface area contributed by atoms with E-state index in [0.29, 0.717) is 35.6 Å². The minimum Gasteiger partial charge on any atom is -0.486 e. The first kappa shape index (κ1) is 16.0. The van der Waals surface area contributed by atoms with Crippen LogP contribution >= 0.6 is 0 Å². The largest absolute Gasteiger partial charge is 0.486 e. The van der Waals surface area contributed by atoms with Crippen LogP contribution in [-0.2, 0) is 16.6 Å². The van der Waals surface area contributed by atoms with Crippen LogP contribution < -0.4 is 14.4 Å². The molecular weight excluding hydrogens is 338 g/mol. The predicted molar refractivity (Wildman–Crippen MR) is 98.0 cm³/mol. The molecule has 1 aromatic heterocycles. The number of ether oxygens (including phenoxy) is 2. The number of nitrogens with one attached hydrogen (secondary N) is 1. The number of hydrogen-bond acceptors (Lipinski definition) is 5. The molecule has 0 radical (unpaired) electrons. The van der Waals surface area contributed by atoms with Crippen molar-refractivity contribution in [3.05, 3.63) is 42.0 Å². The molecule has 0 bridgehead atoms. The molecule has 1 N–H and O–H groups in total. The number of rotatable bonds is 4. The average Bonchev–Trinajstić information content (AvgIpc) is 3.03. The smallest absolute Gasteiger partial charge is 0.197 e. The molecule has 7 heteroatoms. The second-order valence-corrected chi connectivity index (χ2v) is 7.43. The van der Waals surface area contributed by atoms with E-state index in [1.807, 2.05) is 55.4 Å². The molecule has 0 saturated heterocycles. The molecule has 1 atom stereocenters. The standard InChI is InChI=1S/C18H19N3O3S/c1-21(2)15-6-4-3-5-12(15)11-25(22)18-19-13-9-16-17(10-14(13)20-18)24-8-7-23-16/h3-6,9-10H,7-8,11H2,1-2H3,(H,19,20). The fraction of sp³-hybridized carbons (Fsp3) is 0.278. The minimum absolute atomic E-state index is 0.404. The highest BCUT2D eigenvalue weighted by atomic mass is 32.2. The first-order chi connectivity index (χ1) is 12.1. The van der Waals surface area contributed by atoms with Gasteiger partial charge in [-0.2, -0.15) is 0 Å². The number of H-pyrrole nitrogens is 1. The van der Waals surface area contributed by atoms with Crippen LogP contribution in [0.4, 0.5) is 5.69 Å². The molecular formula is C18H19N3O3S. The number of para-hydroxylation sites is 1. The van der Waals surface area contributed by atoms with Crippen molar-refractivity contribution in [1.29, 1.82) is 0 Å². The van der Waals surface area contributed by atoms with Gasteiger partial charge in [-0.3, -0.25) is 4.21 Å². The van der Waals surface area contributed by atoms with E-state index in [1.165, 1.54) is 0 Å². The number of nitrogens with zero attached hydrogens (tertiary/aromatic N) is 2. The molecule has 0 saturated carbocycles. The lowest BCUT2D eigenvalue weighted by atomic mass is 10.2. The van der Waals surface area contributed by atoms with Gasteiger partial charge in [0.2, 0.25) is 0 Å². The lowest BCUT2D eigenvalue weighted by molar-refractivity contribution is 0.172. The van der Waals surface area contributed by atoms with Crippen molar-refractivity contribution in [2.45, 2.75) is 10.9 Å². The zero-order valence-electron chi connectivity index (χ0n) is 14.1. The maximum Gasteiger partial charge on any atom is 0.197 e. The van der Waals surface area contributed by atoms with Crippen molar-refractivity contribution in [3.8, 4) is 11.5 Å². The number of benzene rings is 2. The van der Waals surface area contributed by atoms with Crippen molar-refractivity contribution < 1.29 is 13.7 Å². The lowest BCUT2D eigenvalue weighted by Gasteiger charge is -2.17. The molecule has 0 amide bonds. The van der Waals surface area contributed by atoms with Gasteiger partial charge in [0.15, 0.2) is 16.7 Å². The molecule has 1 aliphatic heterocycles. The van der Waals surface area contributed by atoms with Crippen LogP contribution in [0, 0.1) is 0 Å². The second-order valence-electron chi connectivity index (χ2n) is 6.07. The highest BCUT2D eigenvalue weighted by Crippen LogP contribution is 2.34. The van der Waals surface area contributed by atoms with Crippen molar-refractivity contribution in [1.82, 2.24) is 9.97 Å². The zero-order chi connectivity index (χ0) is 17.4. The summed E-state index contributed by atoms with van der Waals surface area (Å²) in [5, 5.41) is 0.464. The van der Waals surface area contributed by atoms with E-state index in [4.69, 9.17) is 9.47 Å². The van der Waals surface area contributed by atoms with E-state index < -0.39 is 10.8 Å². The summed E-state index contributed by atoms with van der Waals surface area (Å²) >= 11 is 0. The molecule has 1 aliphatic rings. The molecule has 0 fully saturated rings. The van der Waals surface area contributed by atoms with E-state index in [-0.39, 0.29) is 0 Å². The van der Waals surface area contributed by atoms with Crippen LogP contribution in [0.5, 0.6) is 11.5 Å². The minimum atomic E-state index is -1.27. The molecule has 4 rings (SSSR count). The van der Waals surface area contributed by atoms with Gasteiger partial charge in [0, 0.05) is 31.9 Å². The van der Waals surface area contributed by atoms with Gasteiger partial charge in [0.05, 0.1) is 27.6 Å². The Morgan fingerprint density at radius 1 is 1.16 bits per heavy atom. The topological polar surface area (TPSA) is 67.5 Å². The Balaban J connectivity index is 1.64. The van der Waals surface area contributed by atoms with Crippen molar-refractivity contribution in [3.63, 3.8) is 0 Å². The van der Waals surface area contributed by atoms with Crippen LogP contribution in [-0.4, -0.2) is 41.5 Å². The predicted octanol–water partition coefficient (Wildman–Crippen LogP) is 2.71. The summed E-state index contributed by atoms with van der Waals surface area (Å²) in [4.78, 5) is 9.66. The summed E-state index contributed by atoms with van der Waals surface area (Å²) in [7, 11) is 2.69. The van der Waals surface area contributed by atoms with Crippen LogP contribution in [0.1, 0.15) is 5.56 Å². The molecule has 6 nitrogen and oxygen atoms in total. The first-order valence-electron chi connectivity index (χ1n) is 8.05. The van der Waals surface area contributed by atoms with Gasteiger partial charge < -0.3 is 19.4 Å². The Hall–Kier alpha value is -2.54. The van der Waals surface area contributed by atoms with E-state index in [2.05, 4.69) is 9.97 Å². The third-order valence-corrected chi connectivity index (χ3v) is 5.30. The third-order valence-electron chi connectivity index (χ3n) is 4.10. The number of anilines is 1. The average molecular weight is 357 g/mol. The van der Waals surface area contributed by atoms with Crippen LogP contribution in [0.3, 0.4) is 0 Å². The Labute approximate surface area is 148 Å². The zero-order valence-corrected chi connectivity index (χ0v) is 14.9. The summed E-state index contributed by atoms with van der Waals surface area (Å²) in [6.07, 6.45) is 0. The van der Waals surface area contributed by atoms with Crippen molar-refractivity contribution in [2.75, 3.05) is 32.2 Å². The van der Waals surface area contributed by atoms with Crippen molar-refractivity contribution >= 4 is 27.5 Å². The Morgan fingerprint density at radius 2 is 1.88 bits per heavy atom. The summed E-state index contributed by atoms with van der Waals surface area (Å²) in [5.74, 6) is 1.78. The van der Waals surface area contributed by atoms with E-state index >= 15 is 0 Å². The quantitative estimate of drug-likeness (QED) is 0.778. The molecule has 0 spiro atoms. The Morgan fingerprint density at radius 3 is 2.64 bits per heavy atom. The van der Waals surface area contributed by atoms with Gasteiger partial charge >= 0.3 is 0 Å². The summed E-state index contributed by atoms with van der Waals surface area (Å²) in [6, 6.07) is 11.6. The van der Waals surface area contributed by atoms with Gasteiger partial charge in [0.1, 0.15) is 13.2 Å². The molecule has 25 heavy (non-hydrogen) atoms. The Bertz CT molecular complexity index is 909. The fourth-order valence-electron chi connectivity index (χ4n) is 2.91. The highest BCUT2D eigenvalue weighted by molar-refractivity contribution is 7.84. The molecule has 0 aliphatic carbocycles. The molecule has 3 aromatic rings. The van der Waals surface area contributed by atoms with Gasteiger partial charge in [0.25, 0.3) is 0 Å². The summed E-state index contributed by atoms with van der Waals surface area (Å²) < 4.78 is 24.0. The highest BCUT2D eigenvalue weighted by Gasteiger charge is 2.17. The number of aromatic nitrogens is 2. The third kappa shape index (κ3) is 3.07. The van der Waals surface area contributed by atoms with Crippen LogP contribution in [0.25, 0.3) is 11.0 Å². The maximum absolute atomic E-state index is 12.8. The SMILES string of the molecule is CN(C)c1ccccc1CS(=O)c1nc2cc3c(cc2[nH]1)OCCO3. The summed E-state index contributed by atoms with van der Waals surface area (Å²) in [6.45, 7) is 1.07. The van der Waals surface area contributed by atoms with Crippen LogP contribution in [0.15, 0.2) is 41.6 Å². The van der Waals surface area contributed by atoms with Crippen LogP contribution in [0.2, 0.25) is 0 Å². The van der Waals surface area contributed by atoms with E-state index in [9.17, 15) is 4.21 Å². The second kappa shape index (κ2) is 6.40. The van der Waals surface area contributed by atoms with Gasteiger partial charge in [-0.15, -0.1) is 0 Å². The monoisotopic (exact) mass is 357 g/mol. The lowest BCUT2D eigenvalue weighted by Crippen LogP contribution is -2.15. The Kier molecular flexibility index (Phi) is 4.09. The molecule has 130 valence electrons. The van der Waals surface area contributed by atoms with Crippen molar-refractivity contribution in [2.24, 2.45) is 0 Å². The number of aromatic amines is 1. The van der Waals surface area contributed by atoms with Gasteiger partial charge in [-0.1, -0.05) is 18.2 Å². The van der Waals surface area contributed by atoms with Gasteiger partial charge in [-0.05, 0) is 11.6 Å². The summed E-state index contributed by atoms with van der Waals surface area (Å²) in [5.41, 5.74) is 3.61. The van der Waals surface area contributed by atoms with E-state index in [1.54, 1.807) is 0 Å². The van der Waals surface area contributed by atoms with E-state index in [0.717, 1.165) is 22.3 Å². The fourth-order valence-corrected chi connectivity index (χ4v) is 4.00. The number of imidazole rings is 1.